The molecule has 43 heavy (non-hydrogen) atoms. The van der Waals surface area contributed by atoms with E-state index in [4.69, 9.17) is 14.2 Å². The minimum Gasteiger partial charge on any atom is -0.481 e. The normalized spacial score (nSPS) is 39.4. The highest BCUT2D eigenvalue weighted by molar-refractivity contribution is 5.97. The summed E-state index contributed by atoms with van der Waals surface area (Å²) < 4.78 is 18.5. The number of carboxylic acids is 1. The first kappa shape index (κ1) is 32.4. The number of fused-ring (bicyclic) bond motifs is 3. The topological polar surface area (TPSA) is 123 Å². The number of ether oxygens (including phenoxy) is 3. The number of unbranched alkanes of at least 4 members (excludes halogenated alkanes) is 1. The van der Waals surface area contributed by atoms with Gasteiger partial charge in [-0.1, -0.05) is 39.2 Å². The van der Waals surface area contributed by atoms with Gasteiger partial charge in [-0.25, -0.2) is 4.79 Å². The molecule has 4 fully saturated rings. The van der Waals surface area contributed by atoms with Gasteiger partial charge in [-0.3, -0.25) is 9.59 Å². The lowest BCUT2D eigenvalue weighted by molar-refractivity contribution is -0.220. The molecular weight excluding hydrogens is 550 g/mol. The Morgan fingerprint density at radius 1 is 1.14 bits per heavy atom. The lowest BCUT2D eigenvalue weighted by atomic mass is 9.45. The summed E-state index contributed by atoms with van der Waals surface area (Å²) in [5.41, 5.74) is 0.570. The molecule has 0 aromatic carbocycles. The molecule has 1 aliphatic heterocycles. The Morgan fingerprint density at radius 3 is 2.56 bits per heavy atom. The molecule has 9 heteroatoms. The molecule has 0 spiro atoms. The highest BCUT2D eigenvalue weighted by Gasteiger charge is 2.64. The van der Waals surface area contributed by atoms with Gasteiger partial charge in [0, 0.05) is 23.3 Å². The molecule has 5 rings (SSSR count). The van der Waals surface area contributed by atoms with Gasteiger partial charge in [0.2, 0.25) is 0 Å². The molecule has 2 bridgehead atoms. The lowest BCUT2D eigenvalue weighted by Gasteiger charge is -2.62. The van der Waals surface area contributed by atoms with Crippen LogP contribution in [-0.2, 0) is 23.8 Å². The molecular formula is C34H53NO8. The van der Waals surface area contributed by atoms with Gasteiger partial charge in [-0.2, -0.15) is 0 Å². The van der Waals surface area contributed by atoms with Crippen LogP contribution in [0, 0.1) is 52.8 Å². The third-order valence-electron chi connectivity index (χ3n) is 11.8. The Morgan fingerprint density at radius 2 is 1.91 bits per heavy atom. The summed E-state index contributed by atoms with van der Waals surface area (Å²) in [7, 11) is 4.10. The van der Waals surface area contributed by atoms with Crippen molar-refractivity contribution in [2.45, 2.75) is 96.8 Å². The molecule has 2 N–H and O–H groups in total. The maximum Gasteiger partial charge on any atom is 0.506 e. The van der Waals surface area contributed by atoms with Gasteiger partial charge in [-0.15, -0.1) is 0 Å². The maximum absolute atomic E-state index is 14.0. The predicted octanol–water partition coefficient (Wildman–Crippen LogP) is 5.52. The van der Waals surface area contributed by atoms with E-state index in [2.05, 4.69) is 39.8 Å². The van der Waals surface area contributed by atoms with Crippen LogP contribution < -0.4 is 0 Å². The first-order valence-electron chi connectivity index (χ1n) is 16.7. The quantitative estimate of drug-likeness (QED) is 0.294. The number of likely N-dealkylation sites (N-methyl/N-ethyl adjacent to an activating group) is 1. The van der Waals surface area contributed by atoms with Gasteiger partial charge in [0.1, 0.15) is 6.10 Å². The summed E-state index contributed by atoms with van der Waals surface area (Å²) in [6.07, 6.45) is 7.39. The van der Waals surface area contributed by atoms with Crippen LogP contribution in [0.1, 0.15) is 78.6 Å². The van der Waals surface area contributed by atoms with Crippen LogP contribution in [0.4, 0.5) is 4.79 Å². The Balaban J connectivity index is 1.45. The van der Waals surface area contributed by atoms with Crippen molar-refractivity contribution in [2.75, 3.05) is 33.9 Å². The summed E-state index contributed by atoms with van der Waals surface area (Å²) in [6.45, 7) is 7.82. The second-order valence-electron chi connectivity index (χ2n) is 14.8. The fraction of sp³-hybridized carbons (Fsp3) is 0.853. The summed E-state index contributed by atoms with van der Waals surface area (Å²) in [4.78, 5) is 40.7. The van der Waals surface area contributed by atoms with E-state index >= 15 is 0 Å². The van der Waals surface area contributed by atoms with Crippen LogP contribution in [0.15, 0.2) is 11.6 Å². The first-order valence-corrected chi connectivity index (χ1v) is 16.7. The lowest BCUT2D eigenvalue weighted by Crippen LogP contribution is -2.64. The van der Waals surface area contributed by atoms with E-state index in [1.165, 1.54) is 0 Å². The summed E-state index contributed by atoms with van der Waals surface area (Å²) in [6, 6.07) is 0.223. The molecule has 0 radical (unpaired) electrons. The van der Waals surface area contributed by atoms with Crippen LogP contribution in [0.2, 0.25) is 0 Å². The fourth-order valence-electron chi connectivity index (χ4n) is 10.0. The van der Waals surface area contributed by atoms with Crippen molar-refractivity contribution in [3.8, 4) is 0 Å². The zero-order valence-corrected chi connectivity index (χ0v) is 26.7. The number of rotatable bonds is 11. The van der Waals surface area contributed by atoms with E-state index in [1.807, 2.05) is 0 Å². The first-order chi connectivity index (χ1) is 20.5. The number of carboxylic acid groups (broad SMARTS) is 2. The maximum atomic E-state index is 14.0. The number of nitrogens with zero attached hydrogens (tertiary/aromatic N) is 1. The van der Waals surface area contributed by atoms with E-state index in [0.717, 1.165) is 56.9 Å². The number of allylic oxidation sites excluding steroid dienone is 1. The number of aliphatic carboxylic acids is 1. The van der Waals surface area contributed by atoms with Gasteiger partial charge < -0.3 is 29.3 Å². The van der Waals surface area contributed by atoms with E-state index < -0.39 is 41.6 Å². The second kappa shape index (κ2) is 13.2. The van der Waals surface area contributed by atoms with Crippen LogP contribution in [0.5, 0.6) is 0 Å². The minimum absolute atomic E-state index is 0.0000513. The third kappa shape index (κ3) is 6.15. The van der Waals surface area contributed by atoms with Crippen LogP contribution in [-0.4, -0.2) is 85.2 Å². The molecule has 11 atom stereocenters. The minimum atomic E-state index is -1.31. The Bertz CT molecular complexity index is 1070. The van der Waals surface area contributed by atoms with E-state index in [0.29, 0.717) is 32.2 Å². The molecule has 0 aromatic heterocycles. The molecule has 242 valence electrons. The number of carbonyl (C=O) groups is 3. The molecule has 1 heterocycles. The predicted molar refractivity (Wildman–Crippen MR) is 161 cm³/mol. The average Bonchev–Trinajstić information content (AvgIpc) is 2.93. The standard InChI is InChI=1S/C34H53NO8/c1-6-7-8-21(35(4)5)16-42-31-24-17-41-18-34(15-28(31)43-33(39)40)25(24)12-11-22-23-10-9-20(13-19(2)3)29(32(37)38)30(23)27(36)14-26(22)34/h14,19-25,28-31H,6-13,15-18H2,1-5H3,(H,37,38)(H,39,40)/t20?,21?,22?,23?,24?,25?,28-,29-,30?,31-,34+/m1/s1. The second-order valence-corrected chi connectivity index (χ2v) is 14.8. The highest BCUT2D eigenvalue weighted by Crippen LogP contribution is 2.64. The molecule has 7 unspecified atom stereocenters. The van der Waals surface area contributed by atoms with Crippen molar-refractivity contribution in [3.05, 3.63) is 11.6 Å². The van der Waals surface area contributed by atoms with Gasteiger partial charge >= 0.3 is 12.1 Å². The van der Waals surface area contributed by atoms with Crippen LogP contribution >= 0.6 is 0 Å². The fourth-order valence-corrected chi connectivity index (χ4v) is 10.0. The largest absolute Gasteiger partial charge is 0.506 e. The van der Waals surface area contributed by atoms with E-state index in [9.17, 15) is 24.6 Å². The summed E-state index contributed by atoms with van der Waals surface area (Å²) >= 11 is 0. The van der Waals surface area contributed by atoms with Gasteiger partial charge in [0.25, 0.3) is 0 Å². The summed E-state index contributed by atoms with van der Waals surface area (Å²) in [5.74, 6) is -1.39. The van der Waals surface area contributed by atoms with Crippen molar-refractivity contribution in [1.29, 1.82) is 0 Å². The van der Waals surface area contributed by atoms with E-state index in [-0.39, 0.29) is 41.4 Å². The average molecular weight is 604 g/mol. The number of hydrogen-bond donors (Lipinski definition) is 2. The van der Waals surface area contributed by atoms with Crippen molar-refractivity contribution in [1.82, 2.24) is 4.90 Å². The molecule has 5 aliphatic rings. The van der Waals surface area contributed by atoms with Gasteiger partial charge in [0.15, 0.2) is 5.78 Å². The number of hydrogen-bond acceptors (Lipinski definition) is 7. The van der Waals surface area contributed by atoms with E-state index in [1.54, 1.807) is 6.08 Å². The van der Waals surface area contributed by atoms with Crippen molar-refractivity contribution in [2.24, 2.45) is 52.8 Å². The highest BCUT2D eigenvalue weighted by atomic mass is 16.7. The Kier molecular flexibility index (Phi) is 9.94. The van der Waals surface area contributed by atoms with Gasteiger partial charge in [-0.05, 0) is 94.7 Å². The van der Waals surface area contributed by atoms with Crippen molar-refractivity contribution in [3.63, 3.8) is 0 Å². The Hall–Kier alpha value is -1.97. The molecule has 0 amide bonds. The Labute approximate surface area is 256 Å². The summed E-state index contributed by atoms with van der Waals surface area (Å²) in [5, 5.41) is 20.1. The molecule has 0 aromatic rings. The molecule has 9 nitrogen and oxygen atoms in total. The third-order valence-corrected chi connectivity index (χ3v) is 11.8. The molecule has 1 saturated heterocycles. The zero-order valence-electron chi connectivity index (χ0n) is 26.7. The number of carbonyl (C=O) groups excluding carboxylic acids is 1. The van der Waals surface area contributed by atoms with Crippen LogP contribution in [0.25, 0.3) is 0 Å². The van der Waals surface area contributed by atoms with Crippen molar-refractivity contribution >= 4 is 17.9 Å². The molecule has 4 aliphatic carbocycles. The zero-order chi connectivity index (χ0) is 31.1. The van der Waals surface area contributed by atoms with Crippen LogP contribution in [0.3, 0.4) is 0 Å². The smallest absolute Gasteiger partial charge is 0.481 e. The molecule has 3 saturated carbocycles. The van der Waals surface area contributed by atoms with Gasteiger partial charge in [0.05, 0.1) is 31.8 Å². The SMILES string of the molecule is CCCCC(CO[C@@H]1C2COC[C@]3(C[C@H]1OC(=O)O)C1=CC(=O)C4C(CCC(CC(C)C)[C@H]4C(=O)O)C1CCC23)N(C)C. The monoisotopic (exact) mass is 603 g/mol. The van der Waals surface area contributed by atoms with Crippen molar-refractivity contribution < 1.29 is 38.8 Å². The number of ketones is 1.